The van der Waals surface area contributed by atoms with Crippen LogP contribution >= 0.6 is 15.9 Å². The summed E-state index contributed by atoms with van der Waals surface area (Å²) < 4.78 is 0.995. The van der Waals surface area contributed by atoms with Gasteiger partial charge in [0.2, 0.25) is 0 Å². The highest BCUT2D eigenvalue weighted by atomic mass is 79.9. The summed E-state index contributed by atoms with van der Waals surface area (Å²) in [5, 5.41) is 12.0. The third-order valence-corrected chi connectivity index (χ3v) is 4.29. The van der Waals surface area contributed by atoms with E-state index < -0.39 is 0 Å². The van der Waals surface area contributed by atoms with E-state index in [1.807, 2.05) is 30.3 Å². The maximum Gasteiger partial charge on any atom is 0.141 e. The lowest BCUT2D eigenvalue weighted by Gasteiger charge is -2.16. The molecule has 0 fully saturated rings. The van der Waals surface area contributed by atoms with E-state index in [0.717, 1.165) is 21.1 Å². The molecule has 1 atom stereocenters. The Labute approximate surface area is 154 Å². The van der Waals surface area contributed by atoms with Crippen molar-refractivity contribution in [3.63, 3.8) is 0 Å². The second-order valence-corrected chi connectivity index (χ2v) is 6.30. The molecule has 0 saturated carbocycles. The minimum atomic E-state index is -0.0546. The summed E-state index contributed by atoms with van der Waals surface area (Å²) in [5.41, 5.74) is 3.17. The Hall–Kier alpha value is -2.91. The lowest BCUT2D eigenvalue weighted by atomic mass is 10.0. The molecule has 1 aromatic carbocycles. The first kappa shape index (κ1) is 16.9. The van der Waals surface area contributed by atoms with Crippen molar-refractivity contribution in [3.8, 4) is 12.3 Å². The minimum Gasteiger partial charge on any atom is -0.383 e. The van der Waals surface area contributed by atoms with Gasteiger partial charge in [0.05, 0.1) is 11.7 Å². The standard InChI is InChI=1S/C19H16BrN5/c1-2-4-17(13-5-3-6-15(20)9-13)23-11-14(10-21)18-16-7-8-22-19(16)25-12-24-18/h1,3,5-12,17,21,23H,4H2,(H,22,24,25)/b14-11+,21-10?. The fourth-order valence-corrected chi connectivity index (χ4v) is 3.00. The molecule has 25 heavy (non-hydrogen) atoms. The smallest absolute Gasteiger partial charge is 0.141 e. The first-order valence-corrected chi connectivity index (χ1v) is 8.46. The van der Waals surface area contributed by atoms with Gasteiger partial charge in [0.25, 0.3) is 0 Å². The maximum atomic E-state index is 7.76. The molecule has 124 valence electrons. The zero-order chi connectivity index (χ0) is 17.6. The monoisotopic (exact) mass is 393 g/mol. The Kier molecular flexibility index (Phi) is 5.26. The van der Waals surface area contributed by atoms with Crippen LogP contribution in [0.3, 0.4) is 0 Å². The van der Waals surface area contributed by atoms with E-state index >= 15 is 0 Å². The van der Waals surface area contributed by atoms with Crippen molar-refractivity contribution in [3.05, 3.63) is 64.8 Å². The van der Waals surface area contributed by atoms with Gasteiger partial charge in [-0.15, -0.1) is 12.3 Å². The summed E-state index contributed by atoms with van der Waals surface area (Å²) >= 11 is 3.48. The number of benzene rings is 1. The number of allylic oxidation sites excluding steroid dienone is 1. The number of terminal acetylenes is 1. The number of nitrogens with zero attached hydrogens (tertiary/aromatic N) is 2. The van der Waals surface area contributed by atoms with Crippen LogP contribution in [0.4, 0.5) is 0 Å². The van der Waals surface area contributed by atoms with E-state index in [1.165, 1.54) is 12.5 Å². The molecule has 3 rings (SSSR count). The second kappa shape index (κ2) is 7.77. The van der Waals surface area contributed by atoms with Gasteiger partial charge >= 0.3 is 0 Å². The molecule has 5 nitrogen and oxygen atoms in total. The van der Waals surface area contributed by atoms with Crippen molar-refractivity contribution >= 4 is 38.8 Å². The number of hydrogen-bond donors (Lipinski definition) is 3. The van der Waals surface area contributed by atoms with Crippen molar-refractivity contribution in [2.45, 2.75) is 12.5 Å². The van der Waals surface area contributed by atoms with Gasteiger partial charge in [0.15, 0.2) is 0 Å². The van der Waals surface area contributed by atoms with Gasteiger partial charge in [-0.3, -0.25) is 0 Å². The molecule has 0 saturated heterocycles. The first-order valence-electron chi connectivity index (χ1n) is 7.67. The zero-order valence-corrected chi connectivity index (χ0v) is 14.9. The van der Waals surface area contributed by atoms with E-state index in [2.05, 4.69) is 42.1 Å². The van der Waals surface area contributed by atoms with Crippen LogP contribution < -0.4 is 5.32 Å². The number of nitrogens with one attached hydrogen (secondary N) is 3. The van der Waals surface area contributed by atoms with Gasteiger partial charge < -0.3 is 15.7 Å². The van der Waals surface area contributed by atoms with Gasteiger partial charge in [0.1, 0.15) is 12.0 Å². The zero-order valence-electron chi connectivity index (χ0n) is 13.3. The molecule has 0 aliphatic carbocycles. The number of aromatic nitrogens is 3. The summed E-state index contributed by atoms with van der Waals surface area (Å²) in [6.45, 7) is 0. The van der Waals surface area contributed by atoms with Crippen molar-refractivity contribution in [1.82, 2.24) is 20.3 Å². The van der Waals surface area contributed by atoms with Crippen LogP contribution in [0, 0.1) is 17.8 Å². The minimum absolute atomic E-state index is 0.0546. The van der Waals surface area contributed by atoms with Gasteiger partial charge in [0, 0.05) is 40.5 Å². The Morgan fingerprint density at radius 1 is 1.40 bits per heavy atom. The van der Waals surface area contributed by atoms with Crippen LogP contribution in [-0.4, -0.2) is 21.2 Å². The molecular formula is C19H16BrN5. The summed E-state index contributed by atoms with van der Waals surface area (Å²) in [6.07, 6.45) is 12.4. The molecule has 0 bridgehead atoms. The predicted molar refractivity (Wildman–Crippen MR) is 104 cm³/mol. The van der Waals surface area contributed by atoms with Crippen molar-refractivity contribution in [2.75, 3.05) is 0 Å². The lowest BCUT2D eigenvalue weighted by molar-refractivity contribution is 0.642. The molecule has 3 aromatic rings. The molecular weight excluding hydrogens is 378 g/mol. The summed E-state index contributed by atoms with van der Waals surface area (Å²) in [6, 6.07) is 9.84. The molecule has 2 heterocycles. The van der Waals surface area contributed by atoms with Gasteiger partial charge in [-0.2, -0.15) is 0 Å². The Morgan fingerprint density at radius 2 is 2.28 bits per heavy atom. The lowest BCUT2D eigenvalue weighted by Crippen LogP contribution is -2.16. The quantitative estimate of drug-likeness (QED) is 0.436. The van der Waals surface area contributed by atoms with E-state index in [-0.39, 0.29) is 6.04 Å². The van der Waals surface area contributed by atoms with E-state index in [1.54, 1.807) is 12.4 Å². The van der Waals surface area contributed by atoms with Crippen LogP contribution in [0.5, 0.6) is 0 Å². The maximum absolute atomic E-state index is 7.76. The number of aromatic amines is 1. The highest BCUT2D eigenvalue weighted by Gasteiger charge is 2.11. The fourth-order valence-electron chi connectivity index (χ4n) is 2.59. The van der Waals surface area contributed by atoms with Gasteiger partial charge in [-0.25, -0.2) is 9.97 Å². The van der Waals surface area contributed by atoms with Crippen molar-refractivity contribution < 1.29 is 0 Å². The third-order valence-electron chi connectivity index (χ3n) is 3.80. The van der Waals surface area contributed by atoms with Gasteiger partial charge in [-0.1, -0.05) is 28.1 Å². The van der Waals surface area contributed by atoms with Crippen LogP contribution in [0.25, 0.3) is 16.6 Å². The van der Waals surface area contributed by atoms with E-state index in [9.17, 15) is 0 Å². The number of rotatable bonds is 6. The molecule has 0 amide bonds. The van der Waals surface area contributed by atoms with Crippen molar-refractivity contribution in [1.29, 1.82) is 5.41 Å². The van der Waals surface area contributed by atoms with E-state index in [4.69, 9.17) is 11.8 Å². The Bertz CT molecular complexity index is 967. The Morgan fingerprint density at radius 3 is 3.04 bits per heavy atom. The van der Waals surface area contributed by atoms with Gasteiger partial charge in [-0.05, 0) is 23.8 Å². The topological polar surface area (TPSA) is 77.5 Å². The molecule has 2 aromatic heterocycles. The molecule has 0 spiro atoms. The summed E-state index contributed by atoms with van der Waals surface area (Å²) in [7, 11) is 0. The molecule has 0 aliphatic rings. The second-order valence-electron chi connectivity index (χ2n) is 5.39. The number of H-pyrrole nitrogens is 1. The van der Waals surface area contributed by atoms with Crippen molar-refractivity contribution in [2.24, 2.45) is 0 Å². The van der Waals surface area contributed by atoms with Crippen LogP contribution in [-0.2, 0) is 0 Å². The average Bonchev–Trinajstić information content (AvgIpc) is 3.10. The van der Waals surface area contributed by atoms with Crippen LogP contribution in [0.2, 0.25) is 0 Å². The predicted octanol–water partition coefficient (Wildman–Crippen LogP) is 4.07. The largest absolute Gasteiger partial charge is 0.383 e. The third kappa shape index (κ3) is 3.78. The molecule has 6 heteroatoms. The molecule has 0 radical (unpaired) electrons. The summed E-state index contributed by atoms with van der Waals surface area (Å²) in [5.74, 6) is 2.70. The molecule has 3 N–H and O–H groups in total. The number of hydrogen-bond acceptors (Lipinski definition) is 4. The highest BCUT2D eigenvalue weighted by molar-refractivity contribution is 9.10. The van der Waals surface area contributed by atoms with Crippen LogP contribution in [0.15, 0.2) is 53.5 Å². The fraction of sp³-hybridized carbons (Fsp3) is 0.105. The average molecular weight is 394 g/mol. The molecule has 0 aliphatic heterocycles. The highest BCUT2D eigenvalue weighted by Crippen LogP contribution is 2.23. The number of fused-ring (bicyclic) bond motifs is 1. The summed E-state index contributed by atoms with van der Waals surface area (Å²) in [4.78, 5) is 11.6. The normalized spacial score (nSPS) is 12.6. The Balaban J connectivity index is 1.92. The first-order chi connectivity index (χ1) is 12.2. The number of halogens is 1. The molecule has 1 unspecified atom stereocenters. The SMILES string of the molecule is C#CCC(N/C=C(\C=N)c1ncnc2[nH]ccc12)c1cccc(Br)c1. The van der Waals surface area contributed by atoms with E-state index in [0.29, 0.717) is 17.7 Å². The van der Waals surface area contributed by atoms with Crippen LogP contribution in [0.1, 0.15) is 23.7 Å².